The van der Waals surface area contributed by atoms with Gasteiger partial charge in [-0.15, -0.1) is 0 Å². The Kier molecular flexibility index (Phi) is 3.06. The van der Waals surface area contributed by atoms with Crippen LogP contribution in [0.3, 0.4) is 0 Å². The van der Waals surface area contributed by atoms with Crippen molar-refractivity contribution in [1.82, 2.24) is 5.32 Å². The zero-order valence-electron chi connectivity index (χ0n) is 8.67. The van der Waals surface area contributed by atoms with E-state index in [2.05, 4.69) is 5.32 Å². The number of nitrogens with one attached hydrogen (secondary N) is 1. The van der Waals surface area contributed by atoms with Gasteiger partial charge in [0.05, 0.1) is 5.92 Å². The lowest BCUT2D eigenvalue weighted by molar-refractivity contribution is -0.123. The van der Waals surface area contributed by atoms with E-state index in [1.807, 2.05) is 0 Å². The predicted molar refractivity (Wildman–Crippen MR) is 55.6 cm³/mol. The predicted octanol–water partition coefficient (Wildman–Crippen LogP) is 0.888. The maximum atomic E-state index is 11.2. The topological polar surface area (TPSA) is 55.1 Å². The van der Waals surface area contributed by atoms with Crippen molar-refractivity contribution >= 4 is 5.91 Å². The molecular weight excluding hydrogens is 176 g/mol. The molecule has 80 valence electrons. The monoisotopic (exact) mass is 196 g/mol. The molecule has 3 nitrogen and oxygen atoms in total. The minimum absolute atomic E-state index is 0.0955. The summed E-state index contributed by atoms with van der Waals surface area (Å²) >= 11 is 0. The molecular formula is C11H20N2O. The van der Waals surface area contributed by atoms with E-state index in [1.165, 1.54) is 32.1 Å². The van der Waals surface area contributed by atoms with Crippen LogP contribution in [0.4, 0.5) is 0 Å². The molecule has 0 aromatic carbocycles. The number of nitrogens with two attached hydrogens (primary N) is 1. The average Bonchev–Trinajstić information content (AvgIpc) is 2.67. The summed E-state index contributed by atoms with van der Waals surface area (Å²) in [7, 11) is 0. The van der Waals surface area contributed by atoms with E-state index >= 15 is 0 Å². The lowest BCUT2D eigenvalue weighted by Gasteiger charge is -2.29. The Morgan fingerprint density at radius 3 is 2.50 bits per heavy atom. The van der Waals surface area contributed by atoms with E-state index in [0.717, 1.165) is 19.0 Å². The highest BCUT2D eigenvalue weighted by atomic mass is 16.1. The van der Waals surface area contributed by atoms with E-state index < -0.39 is 0 Å². The molecule has 2 unspecified atom stereocenters. The number of carbonyl (C=O) groups excluding carboxylic acids is 1. The maximum absolute atomic E-state index is 11.2. The number of primary amides is 1. The number of amides is 1. The zero-order valence-corrected chi connectivity index (χ0v) is 8.67. The molecule has 3 heteroatoms. The number of hydrogen-bond acceptors (Lipinski definition) is 2. The van der Waals surface area contributed by atoms with E-state index in [9.17, 15) is 4.79 Å². The normalized spacial score (nSPS) is 34.6. The van der Waals surface area contributed by atoms with Crippen molar-refractivity contribution in [3.63, 3.8) is 0 Å². The highest BCUT2D eigenvalue weighted by Crippen LogP contribution is 2.35. The largest absolute Gasteiger partial charge is 0.369 e. The van der Waals surface area contributed by atoms with Crippen LogP contribution < -0.4 is 11.1 Å². The first-order valence-corrected chi connectivity index (χ1v) is 5.79. The minimum Gasteiger partial charge on any atom is -0.369 e. The van der Waals surface area contributed by atoms with Crippen molar-refractivity contribution < 1.29 is 4.79 Å². The molecule has 3 N–H and O–H groups in total. The van der Waals surface area contributed by atoms with Gasteiger partial charge >= 0.3 is 0 Å². The molecule has 1 saturated carbocycles. The van der Waals surface area contributed by atoms with Crippen molar-refractivity contribution in [2.45, 2.75) is 32.1 Å². The van der Waals surface area contributed by atoms with Gasteiger partial charge < -0.3 is 11.1 Å². The first-order chi connectivity index (χ1) is 6.79. The third kappa shape index (κ3) is 1.92. The van der Waals surface area contributed by atoms with Crippen LogP contribution in [0.1, 0.15) is 32.1 Å². The summed E-state index contributed by atoms with van der Waals surface area (Å²) in [6, 6.07) is 0. The van der Waals surface area contributed by atoms with Crippen LogP contribution in [-0.2, 0) is 4.79 Å². The molecule has 2 rings (SSSR count). The van der Waals surface area contributed by atoms with Gasteiger partial charge in [-0.1, -0.05) is 32.1 Å². The summed E-state index contributed by atoms with van der Waals surface area (Å²) < 4.78 is 0. The highest BCUT2D eigenvalue weighted by Gasteiger charge is 2.36. The number of hydrogen-bond donors (Lipinski definition) is 2. The van der Waals surface area contributed by atoms with Gasteiger partial charge in [0.1, 0.15) is 0 Å². The molecule has 0 bridgehead atoms. The van der Waals surface area contributed by atoms with Gasteiger partial charge in [0.25, 0.3) is 0 Å². The summed E-state index contributed by atoms with van der Waals surface area (Å²) in [5, 5.41) is 3.30. The highest BCUT2D eigenvalue weighted by molar-refractivity contribution is 5.77. The Hall–Kier alpha value is -0.570. The molecule has 1 aliphatic carbocycles. The fourth-order valence-corrected chi connectivity index (χ4v) is 3.07. The first kappa shape index (κ1) is 9.97. The lowest BCUT2D eigenvalue weighted by atomic mass is 9.75. The second-order valence-electron chi connectivity index (χ2n) is 4.73. The summed E-state index contributed by atoms with van der Waals surface area (Å²) in [5.74, 6) is 1.26. The molecule has 2 aliphatic rings. The molecule has 1 amide bonds. The fraction of sp³-hybridized carbons (Fsp3) is 0.909. The van der Waals surface area contributed by atoms with Gasteiger partial charge in [0.15, 0.2) is 0 Å². The second kappa shape index (κ2) is 4.30. The van der Waals surface area contributed by atoms with Crippen molar-refractivity contribution in [3.8, 4) is 0 Å². The van der Waals surface area contributed by atoms with Crippen LogP contribution >= 0.6 is 0 Å². The second-order valence-corrected chi connectivity index (χ2v) is 4.73. The molecule has 1 saturated heterocycles. The van der Waals surface area contributed by atoms with Gasteiger partial charge in [-0.3, -0.25) is 4.79 Å². The van der Waals surface area contributed by atoms with Crippen molar-refractivity contribution in [1.29, 1.82) is 0 Å². The summed E-state index contributed by atoms with van der Waals surface area (Å²) in [6.07, 6.45) is 6.66. The molecule has 14 heavy (non-hydrogen) atoms. The van der Waals surface area contributed by atoms with E-state index in [1.54, 1.807) is 0 Å². The van der Waals surface area contributed by atoms with Crippen LogP contribution in [0.15, 0.2) is 0 Å². The summed E-state index contributed by atoms with van der Waals surface area (Å²) in [4.78, 5) is 11.2. The maximum Gasteiger partial charge on any atom is 0.222 e. The van der Waals surface area contributed by atoms with Crippen LogP contribution in [0.2, 0.25) is 0 Å². The molecule has 0 aromatic heterocycles. The minimum atomic E-state index is -0.106. The SMILES string of the molecule is NC(=O)C1CNCC1C1CCCCC1. The standard InChI is InChI=1S/C11H20N2O/c12-11(14)10-7-13-6-9(10)8-4-2-1-3-5-8/h8-10,13H,1-7H2,(H2,12,14). The Morgan fingerprint density at radius 1 is 1.14 bits per heavy atom. The molecule has 1 heterocycles. The zero-order chi connectivity index (χ0) is 9.97. The summed E-state index contributed by atoms with van der Waals surface area (Å²) in [5.41, 5.74) is 5.42. The number of rotatable bonds is 2. The van der Waals surface area contributed by atoms with Crippen LogP contribution in [0.5, 0.6) is 0 Å². The molecule has 2 fully saturated rings. The van der Waals surface area contributed by atoms with Crippen molar-refractivity contribution in [2.24, 2.45) is 23.5 Å². The lowest BCUT2D eigenvalue weighted by Crippen LogP contribution is -2.33. The summed E-state index contributed by atoms with van der Waals surface area (Å²) in [6.45, 7) is 1.80. The smallest absolute Gasteiger partial charge is 0.222 e. The number of carbonyl (C=O) groups is 1. The quantitative estimate of drug-likeness (QED) is 0.689. The van der Waals surface area contributed by atoms with Crippen LogP contribution in [0.25, 0.3) is 0 Å². The Bertz CT molecular complexity index is 211. The average molecular weight is 196 g/mol. The van der Waals surface area contributed by atoms with Gasteiger partial charge in [-0.25, -0.2) is 0 Å². The van der Waals surface area contributed by atoms with Crippen molar-refractivity contribution in [3.05, 3.63) is 0 Å². The van der Waals surface area contributed by atoms with Gasteiger partial charge in [0, 0.05) is 6.54 Å². The molecule has 0 radical (unpaired) electrons. The van der Waals surface area contributed by atoms with Crippen LogP contribution in [0, 0.1) is 17.8 Å². The van der Waals surface area contributed by atoms with E-state index in [-0.39, 0.29) is 11.8 Å². The third-order valence-electron chi connectivity index (χ3n) is 3.88. The van der Waals surface area contributed by atoms with Crippen molar-refractivity contribution in [2.75, 3.05) is 13.1 Å². The molecule has 0 spiro atoms. The van der Waals surface area contributed by atoms with Gasteiger partial charge in [0.2, 0.25) is 5.91 Å². The van der Waals surface area contributed by atoms with Gasteiger partial charge in [-0.2, -0.15) is 0 Å². The van der Waals surface area contributed by atoms with E-state index in [0.29, 0.717) is 5.92 Å². The Morgan fingerprint density at radius 2 is 1.86 bits per heavy atom. The first-order valence-electron chi connectivity index (χ1n) is 5.79. The Labute approximate surface area is 85.4 Å². The van der Waals surface area contributed by atoms with Gasteiger partial charge in [-0.05, 0) is 18.4 Å². The van der Waals surface area contributed by atoms with Crippen LogP contribution in [-0.4, -0.2) is 19.0 Å². The fourth-order valence-electron chi connectivity index (χ4n) is 3.07. The molecule has 0 aromatic rings. The molecule has 1 aliphatic heterocycles. The molecule has 2 atom stereocenters. The Balaban J connectivity index is 1.97. The third-order valence-corrected chi connectivity index (χ3v) is 3.88. The van der Waals surface area contributed by atoms with E-state index in [4.69, 9.17) is 5.73 Å².